The van der Waals surface area contributed by atoms with Gasteiger partial charge in [0.2, 0.25) is 41.4 Å². The number of carbonyl (C=O) groups is 11. The maximum absolute atomic E-state index is 13.8. The molecule has 320 valence electrons. The summed E-state index contributed by atoms with van der Waals surface area (Å²) < 4.78 is 0. The summed E-state index contributed by atoms with van der Waals surface area (Å²) in [5.74, 6) is -11.9. The van der Waals surface area contributed by atoms with Gasteiger partial charge in [0.15, 0.2) is 0 Å². The Bertz CT molecular complexity index is 1520. The summed E-state index contributed by atoms with van der Waals surface area (Å²) in [6, 6.07) is -9.09. The van der Waals surface area contributed by atoms with E-state index in [0.29, 0.717) is 4.90 Å². The summed E-state index contributed by atoms with van der Waals surface area (Å²) in [7, 11) is 1.34. The van der Waals surface area contributed by atoms with Gasteiger partial charge in [0.1, 0.15) is 24.2 Å². The average molecular weight is 816 g/mol. The van der Waals surface area contributed by atoms with Crippen LogP contribution >= 0.6 is 0 Å². The van der Waals surface area contributed by atoms with Gasteiger partial charge in [-0.1, -0.05) is 0 Å². The van der Waals surface area contributed by atoms with Gasteiger partial charge in [-0.2, -0.15) is 0 Å². The highest BCUT2D eigenvalue weighted by Crippen LogP contribution is 2.15. The molecule has 0 aromatic rings. The number of nitrogens with one attached hydrogen (secondary N) is 7. The van der Waals surface area contributed by atoms with Crippen LogP contribution in [0.1, 0.15) is 72.1 Å². The molecule has 0 unspecified atom stereocenters. The Labute approximate surface area is 326 Å². The molecule has 1 heterocycles. The second-order valence-corrected chi connectivity index (χ2v) is 14.0. The lowest BCUT2D eigenvalue weighted by Crippen LogP contribution is -2.62. The summed E-state index contributed by atoms with van der Waals surface area (Å²) in [6.45, 7) is 2.99. The maximum atomic E-state index is 13.8. The third-order valence-electron chi connectivity index (χ3n) is 8.30. The smallest absolute Gasteiger partial charge is 0.328 e. The van der Waals surface area contributed by atoms with E-state index in [0.717, 1.165) is 0 Å². The van der Waals surface area contributed by atoms with E-state index in [4.69, 9.17) is 10.8 Å². The number of amides is 7. The zero-order chi connectivity index (χ0) is 43.6. The fraction of sp³-hybridized carbons (Fsp3) is 0.667. The Morgan fingerprint density at radius 3 is 1.47 bits per heavy atom. The van der Waals surface area contributed by atoms with Crippen LogP contribution in [0.2, 0.25) is 0 Å². The van der Waals surface area contributed by atoms with Crippen LogP contribution in [-0.2, 0) is 52.7 Å². The van der Waals surface area contributed by atoms with Crippen molar-refractivity contribution in [2.75, 3.05) is 26.7 Å². The normalized spacial score (nSPS) is 15.9. The minimum atomic E-state index is -1.77. The first-order valence-electron chi connectivity index (χ1n) is 17.9. The monoisotopic (exact) mass is 815 g/mol. The maximum Gasteiger partial charge on any atom is 0.328 e. The van der Waals surface area contributed by atoms with Crippen molar-refractivity contribution < 1.29 is 73.2 Å². The molecule has 0 spiro atoms. The first-order valence-corrected chi connectivity index (χ1v) is 17.9. The minimum absolute atomic E-state index is 0.162. The number of likely N-dealkylation sites (tertiary alicyclic amines) is 1. The van der Waals surface area contributed by atoms with Gasteiger partial charge < -0.3 is 63.4 Å². The lowest BCUT2D eigenvalue weighted by molar-refractivity contribution is -0.146. The molecule has 24 heteroatoms. The summed E-state index contributed by atoms with van der Waals surface area (Å²) in [5, 5.41) is 54.0. The third-order valence-corrected chi connectivity index (χ3v) is 8.30. The van der Waals surface area contributed by atoms with E-state index < -0.39 is 152 Å². The quantitative estimate of drug-likeness (QED) is 0.0364. The lowest BCUT2D eigenvalue weighted by atomic mass is 10.0. The number of imide groups is 1. The topological polar surface area (TPSA) is 382 Å². The van der Waals surface area contributed by atoms with Crippen LogP contribution in [0.5, 0.6) is 0 Å². The average Bonchev–Trinajstić information content (AvgIpc) is 3.44. The highest BCUT2D eigenvalue weighted by molar-refractivity contribution is 6.06. The number of nitrogens with zero attached hydrogens (tertiary/aromatic N) is 1. The van der Waals surface area contributed by atoms with Crippen molar-refractivity contribution in [3.8, 4) is 0 Å². The van der Waals surface area contributed by atoms with Crippen LogP contribution in [0.25, 0.3) is 0 Å². The van der Waals surface area contributed by atoms with E-state index in [1.165, 1.54) is 7.05 Å². The zero-order valence-corrected chi connectivity index (χ0v) is 32.0. The van der Waals surface area contributed by atoms with Gasteiger partial charge in [0, 0.05) is 57.3 Å². The van der Waals surface area contributed by atoms with E-state index in [1.807, 2.05) is 0 Å². The molecule has 13 N–H and O–H groups in total. The third kappa shape index (κ3) is 17.7. The summed E-state index contributed by atoms with van der Waals surface area (Å²) >= 11 is 0. The number of carbonyl (C=O) groups excluding carboxylic acids is 7. The van der Waals surface area contributed by atoms with E-state index in [-0.39, 0.29) is 25.7 Å². The van der Waals surface area contributed by atoms with Crippen molar-refractivity contribution in [1.29, 1.82) is 0 Å². The number of hydrogen-bond acceptors (Lipinski definition) is 14. The van der Waals surface area contributed by atoms with Crippen molar-refractivity contribution in [1.82, 2.24) is 42.1 Å². The molecule has 1 saturated heterocycles. The molecule has 0 aromatic heterocycles. The van der Waals surface area contributed by atoms with Crippen LogP contribution in [0, 0.1) is 0 Å². The Balaban J connectivity index is 3.38. The standard InChI is InChI=1S/C33H53N9O15/c1-33(2,3)41-18(7-12-26(49)50)29(53)39-19(14-37-31(55)21(13-34)42-22(43)8-9-23(42)44)30(54)38-17(6-11-25(47)48)27(51)36-15-20(32(56)57)40-28(52)16(35-4)5-10-24(45)46/h16-21,35,41H,5-15,34H2,1-4H3,(H,36,51)(H,37,55)(H,38,54)(H,39,53)(H,40,52)(H,45,46)(H,47,48)(H,49,50)(H,56,57)/t16-,17-,18-,19-,20-,21-/m0/s1. The Morgan fingerprint density at radius 1 is 0.614 bits per heavy atom. The SMILES string of the molecule is CN[C@@H](CCC(=O)O)C(=O)N[C@@H](CNC(=O)[C@H](CCC(=O)O)NC(=O)[C@H](CNC(=O)[C@H](CN)N1C(=O)CCC1=O)NC(=O)[C@H](CCC(=O)O)NC(C)(C)C)C(=O)O. The number of likely N-dealkylation sites (N-methyl/N-ethyl adjacent to an activating group) is 1. The van der Waals surface area contributed by atoms with Gasteiger partial charge in [-0.15, -0.1) is 0 Å². The van der Waals surface area contributed by atoms with Gasteiger partial charge in [-0.05, 0) is 47.1 Å². The molecule has 0 radical (unpaired) electrons. The predicted molar refractivity (Wildman–Crippen MR) is 194 cm³/mol. The summed E-state index contributed by atoms with van der Waals surface area (Å²) in [5.41, 5.74) is 4.94. The van der Waals surface area contributed by atoms with Crippen LogP contribution in [-0.4, -0.2) is 159 Å². The molecule has 0 aliphatic carbocycles. The number of carboxylic acid groups (broad SMARTS) is 4. The fourth-order valence-electron chi connectivity index (χ4n) is 5.41. The second-order valence-electron chi connectivity index (χ2n) is 14.0. The first kappa shape index (κ1) is 49.3. The van der Waals surface area contributed by atoms with Crippen LogP contribution in [0.3, 0.4) is 0 Å². The molecule has 1 aliphatic heterocycles. The van der Waals surface area contributed by atoms with Crippen LogP contribution < -0.4 is 43.0 Å². The van der Waals surface area contributed by atoms with Gasteiger partial charge in [-0.25, -0.2) is 4.79 Å². The molecule has 1 aliphatic rings. The Kier molecular flexibility index (Phi) is 20.2. The fourth-order valence-corrected chi connectivity index (χ4v) is 5.41. The number of hydrogen-bond donors (Lipinski definition) is 12. The van der Waals surface area contributed by atoms with Gasteiger partial charge in [0.25, 0.3) is 0 Å². The number of nitrogens with two attached hydrogens (primary N) is 1. The highest BCUT2D eigenvalue weighted by Gasteiger charge is 2.39. The van der Waals surface area contributed by atoms with Crippen molar-refractivity contribution in [2.45, 2.75) is 114 Å². The van der Waals surface area contributed by atoms with Crippen molar-refractivity contribution in [2.24, 2.45) is 5.73 Å². The number of rotatable bonds is 26. The Morgan fingerprint density at radius 2 is 1.02 bits per heavy atom. The molecule has 24 nitrogen and oxygen atoms in total. The van der Waals surface area contributed by atoms with Crippen molar-refractivity contribution in [3.05, 3.63) is 0 Å². The van der Waals surface area contributed by atoms with E-state index >= 15 is 0 Å². The van der Waals surface area contributed by atoms with E-state index in [2.05, 4.69) is 37.2 Å². The molecule has 0 saturated carbocycles. The van der Waals surface area contributed by atoms with E-state index in [9.17, 15) is 68.1 Å². The van der Waals surface area contributed by atoms with Crippen molar-refractivity contribution >= 4 is 65.2 Å². The van der Waals surface area contributed by atoms with Crippen molar-refractivity contribution in [3.63, 3.8) is 0 Å². The summed E-state index contributed by atoms with van der Waals surface area (Å²) in [6.07, 6.45) is -2.97. The second kappa shape index (κ2) is 23.3. The van der Waals surface area contributed by atoms with Gasteiger partial charge in [0.05, 0.1) is 12.1 Å². The van der Waals surface area contributed by atoms with Crippen LogP contribution in [0.4, 0.5) is 0 Å². The highest BCUT2D eigenvalue weighted by atomic mass is 16.4. The molecule has 1 rings (SSSR count). The zero-order valence-electron chi connectivity index (χ0n) is 32.0. The Hall–Kier alpha value is -5.75. The molecule has 6 atom stereocenters. The van der Waals surface area contributed by atoms with Gasteiger partial charge >= 0.3 is 23.9 Å². The molecule has 0 aromatic carbocycles. The molecule has 7 amide bonds. The molecule has 57 heavy (non-hydrogen) atoms. The molecular weight excluding hydrogens is 762 g/mol. The summed E-state index contributed by atoms with van der Waals surface area (Å²) in [4.78, 5) is 137. The molecule has 0 bridgehead atoms. The minimum Gasteiger partial charge on any atom is -0.481 e. The first-order chi connectivity index (χ1) is 26.5. The molecular formula is C33H53N9O15. The largest absolute Gasteiger partial charge is 0.481 e. The predicted octanol–water partition coefficient (Wildman–Crippen LogP) is -4.83. The lowest BCUT2D eigenvalue weighted by Gasteiger charge is -2.30. The van der Waals surface area contributed by atoms with Crippen LogP contribution in [0.15, 0.2) is 0 Å². The van der Waals surface area contributed by atoms with Gasteiger partial charge in [-0.3, -0.25) is 52.8 Å². The number of aliphatic carboxylic acids is 4. The molecule has 1 fully saturated rings. The van der Waals surface area contributed by atoms with E-state index in [1.54, 1.807) is 20.8 Å². The number of carboxylic acids is 4.